The highest BCUT2D eigenvalue weighted by molar-refractivity contribution is 5.95. The van der Waals surface area contributed by atoms with Gasteiger partial charge in [0.2, 0.25) is 5.96 Å². The molecule has 0 aliphatic rings. The summed E-state index contributed by atoms with van der Waals surface area (Å²) in [5, 5.41) is 0. The molecule has 0 aromatic rings. The van der Waals surface area contributed by atoms with Gasteiger partial charge in [-0.3, -0.25) is 0 Å². The molecular formula is C13H27N3. The van der Waals surface area contributed by atoms with E-state index in [1.807, 2.05) is 13.8 Å². The zero-order chi connectivity index (χ0) is 12.9. The van der Waals surface area contributed by atoms with Crippen molar-refractivity contribution in [1.29, 1.82) is 0 Å². The maximum Gasteiger partial charge on any atom is 0.221 e. The van der Waals surface area contributed by atoms with Gasteiger partial charge in [0.1, 0.15) is 0 Å². The van der Waals surface area contributed by atoms with E-state index < -0.39 is 0 Å². The highest BCUT2D eigenvalue weighted by Crippen LogP contribution is 2.09. The summed E-state index contributed by atoms with van der Waals surface area (Å²) >= 11 is 0. The van der Waals surface area contributed by atoms with Crippen molar-refractivity contribution in [3.8, 4) is 0 Å². The van der Waals surface area contributed by atoms with Gasteiger partial charge in [0, 0.05) is 23.8 Å². The lowest BCUT2D eigenvalue weighted by Gasteiger charge is -2.32. The third kappa shape index (κ3) is 5.29. The number of hydrogen-bond acceptors (Lipinski definition) is 1. The van der Waals surface area contributed by atoms with Crippen LogP contribution in [0.4, 0.5) is 0 Å². The second-order valence-corrected chi connectivity index (χ2v) is 5.18. The highest BCUT2D eigenvalue weighted by Gasteiger charge is 2.18. The van der Waals surface area contributed by atoms with Crippen molar-refractivity contribution in [2.24, 2.45) is 9.98 Å². The molecule has 0 radical (unpaired) electrons. The van der Waals surface area contributed by atoms with Gasteiger partial charge in [0.15, 0.2) is 0 Å². The topological polar surface area (TPSA) is 28.0 Å². The SMILES string of the molecule is CC(C)=N/C(=N/C(C)C)N(C(C)C)C(C)C. The normalized spacial score (nSPS) is 12.6. The largest absolute Gasteiger partial charge is 0.336 e. The molecule has 3 heteroatoms. The Hall–Kier alpha value is -0.860. The molecule has 0 aromatic carbocycles. The molecule has 0 aromatic heterocycles. The molecule has 0 aliphatic heterocycles. The third-order valence-corrected chi connectivity index (χ3v) is 2.04. The van der Waals surface area contributed by atoms with E-state index >= 15 is 0 Å². The van der Waals surface area contributed by atoms with E-state index in [4.69, 9.17) is 0 Å². The highest BCUT2D eigenvalue weighted by atomic mass is 15.3. The Balaban J connectivity index is 5.22. The molecule has 0 amide bonds. The average Bonchev–Trinajstić information content (AvgIpc) is 1.98. The molecule has 0 atom stereocenters. The van der Waals surface area contributed by atoms with E-state index in [0.29, 0.717) is 12.1 Å². The summed E-state index contributed by atoms with van der Waals surface area (Å²) in [5.41, 5.74) is 1.05. The minimum absolute atomic E-state index is 0.276. The Morgan fingerprint density at radius 2 is 1.31 bits per heavy atom. The first-order valence-corrected chi connectivity index (χ1v) is 6.13. The van der Waals surface area contributed by atoms with Crippen molar-refractivity contribution in [2.45, 2.75) is 73.5 Å². The maximum atomic E-state index is 4.62. The Bertz CT molecular complexity index is 250. The van der Waals surface area contributed by atoms with Gasteiger partial charge in [0.05, 0.1) is 0 Å². The van der Waals surface area contributed by atoms with E-state index in [1.54, 1.807) is 0 Å². The Morgan fingerprint density at radius 1 is 0.875 bits per heavy atom. The number of guanidine groups is 1. The lowest BCUT2D eigenvalue weighted by atomic mass is 10.2. The Kier molecular flexibility index (Phi) is 6.31. The first-order valence-electron chi connectivity index (χ1n) is 6.13. The van der Waals surface area contributed by atoms with Crippen molar-refractivity contribution in [3.63, 3.8) is 0 Å². The van der Waals surface area contributed by atoms with Crippen molar-refractivity contribution < 1.29 is 0 Å². The Labute approximate surface area is 101 Å². The molecular weight excluding hydrogens is 198 g/mol. The third-order valence-electron chi connectivity index (χ3n) is 2.04. The van der Waals surface area contributed by atoms with Crippen LogP contribution in [0.25, 0.3) is 0 Å². The number of hydrogen-bond donors (Lipinski definition) is 0. The van der Waals surface area contributed by atoms with Crippen LogP contribution in [0.2, 0.25) is 0 Å². The number of nitrogens with zero attached hydrogens (tertiary/aromatic N) is 3. The van der Waals surface area contributed by atoms with Gasteiger partial charge in [-0.05, 0) is 55.4 Å². The Morgan fingerprint density at radius 3 is 1.56 bits per heavy atom. The van der Waals surface area contributed by atoms with Crippen LogP contribution in [-0.4, -0.2) is 34.7 Å². The fraction of sp³-hybridized carbons (Fsp3) is 0.846. The summed E-state index contributed by atoms with van der Waals surface area (Å²) in [6, 6.07) is 1.11. The van der Waals surface area contributed by atoms with Crippen LogP contribution in [0.5, 0.6) is 0 Å². The molecule has 3 nitrogen and oxygen atoms in total. The molecule has 0 heterocycles. The fourth-order valence-electron chi connectivity index (χ4n) is 1.64. The molecule has 0 bridgehead atoms. The zero-order valence-corrected chi connectivity index (χ0v) is 12.1. The van der Waals surface area contributed by atoms with Crippen LogP contribution in [-0.2, 0) is 0 Å². The molecule has 0 N–H and O–H groups in total. The van der Waals surface area contributed by atoms with Crippen molar-refractivity contribution >= 4 is 11.7 Å². The monoisotopic (exact) mass is 225 g/mol. The predicted octanol–water partition coefficient (Wildman–Crippen LogP) is 3.35. The number of rotatable bonds is 3. The predicted molar refractivity (Wildman–Crippen MR) is 73.5 cm³/mol. The number of aliphatic imine (C=N–C) groups is 2. The first-order chi connectivity index (χ1) is 7.25. The summed E-state index contributed by atoms with van der Waals surface area (Å²) in [4.78, 5) is 11.4. The van der Waals surface area contributed by atoms with Crippen LogP contribution in [0.3, 0.4) is 0 Å². The minimum atomic E-state index is 0.276. The van der Waals surface area contributed by atoms with E-state index in [1.165, 1.54) is 0 Å². The van der Waals surface area contributed by atoms with E-state index in [9.17, 15) is 0 Å². The van der Waals surface area contributed by atoms with Crippen LogP contribution < -0.4 is 0 Å². The smallest absolute Gasteiger partial charge is 0.221 e. The molecule has 0 aliphatic carbocycles. The van der Waals surface area contributed by atoms with E-state index in [2.05, 4.69) is 56.4 Å². The summed E-state index contributed by atoms with van der Waals surface area (Å²) in [5.74, 6) is 0.861. The molecule has 16 heavy (non-hydrogen) atoms. The van der Waals surface area contributed by atoms with Gasteiger partial charge in [-0.15, -0.1) is 0 Å². The zero-order valence-electron chi connectivity index (χ0n) is 12.1. The standard InChI is InChI=1S/C13H27N3/c1-9(2)14-13(15-10(3)4)16(11(5)6)12(7)8/h9,11-12H,1-8H3/b14-13-. The minimum Gasteiger partial charge on any atom is -0.336 e. The first kappa shape index (κ1) is 15.1. The van der Waals surface area contributed by atoms with Crippen molar-refractivity contribution in [1.82, 2.24) is 4.90 Å². The molecule has 0 saturated carbocycles. The molecule has 0 fully saturated rings. The van der Waals surface area contributed by atoms with E-state index in [0.717, 1.165) is 11.7 Å². The van der Waals surface area contributed by atoms with Crippen molar-refractivity contribution in [3.05, 3.63) is 0 Å². The molecule has 0 unspecified atom stereocenters. The molecule has 0 saturated heterocycles. The van der Waals surface area contributed by atoms with Crippen LogP contribution in [0.15, 0.2) is 9.98 Å². The van der Waals surface area contributed by atoms with Crippen LogP contribution in [0.1, 0.15) is 55.4 Å². The van der Waals surface area contributed by atoms with Crippen molar-refractivity contribution in [2.75, 3.05) is 0 Å². The van der Waals surface area contributed by atoms with Gasteiger partial charge in [0.25, 0.3) is 0 Å². The summed E-state index contributed by atoms with van der Waals surface area (Å²) < 4.78 is 0. The van der Waals surface area contributed by atoms with Gasteiger partial charge in [-0.1, -0.05) is 0 Å². The summed E-state index contributed by atoms with van der Waals surface area (Å²) in [7, 11) is 0. The quantitative estimate of drug-likeness (QED) is 0.535. The van der Waals surface area contributed by atoms with Gasteiger partial charge in [-0.25, -0.2) is 9.98 Å². The lowest BCUT2D eigenvalue weighted by Crippen LogP contribution is -2.42. The second-order valence-electron chi connectivity index (χ2n) is 5.18. The average molecular weight is 225 g/mol. The van der Waals surface area contributed by atoms with Gasteiger partial charge < -0.3 is 4.90 Å². The summed E-state index contributed by atoms with van der Waals surface area (Å²) in [6.45, 7) is 16.9. The summed E-state index contributed by atoms with van der Waals surface area (Å²) in [6.07, 6.45) is 0. The molecule has 0 spiro atoms. The van der Waals surface area contributed by atoms with Gasteiger partial charge in [-0.2, -0.15) is 0 Å². The van der Waals surface area contributed by atoms with Gasteiger partial charge >= 0.3 is 0 Å². The maximum absolute atomic E-state index is 4.62. The molecule has 0 rings (SSSR count). The fourth-order valence-corrected chi connectivity index (χ4v) is 1.64. The van der Waals surface area contributed by atoms with Crippen LogP contribution in [0, 0.1) is 0 Å². The lowest BCUT2D eigenvalue weighted by molar-refractivity contribution is 0.287. The van der Waals surface area contributed by atoms with E-state index in [-0.39, 0.29) is 6.04 Å². The van der Waals surface area contributed by atoms with Crippen LogP contribution >= 0.6 is 0 Å². The molecule has 94 valence electrons. The second kappa shape index (κ2) is 6.66.